The fraction of sp³-hybridized carbons (Fsp3) is 0.808. The Bertz CT molecular complexity index is 468. The topological polar surface area (TPSA) is 26.3 Å². The number of allylic oxidation sites excluding steroid dienone is 2. The SMILES string of the molecule is [CH2-]C(CC(C)(C)C)C(=O)C(C)(C)C.[CH2-]CCCOCC1C2CC/C=C/CCC21.[Y]. The number of hydrogen-bond acceptors (Lipinski definition) is 2. The van der Waals surface area contributed by atoms with Crippen molar-refractivity contribution in [1.29, 1.82) is 0 Å². The second kappa shape index (κ2) is 13.8. The first-order chi connectivity index (χ1) is 13.0. The summed E-state index contributed by atoms with van der Waals surface area (Å²) in [7, 11) is 0. The second-order valence-electron chi connectivity index (χ2n) is 11.0. The van der Waals surface area contributed by atoms with Crippen LogP contribution in [0.5, 0.6) is 0 Å². The third-order valence-corrected chi connectivity index (χ3v) is 5.83. The van der Waals surface area contributed by atoms with E-state index in [9.17, 15) is 4.79 Å². The van der Waals surface area contributed by atoms with Crippen LogP contribution in [0.2, 0.25) is 0 Å². The number of carbonyl (C=O) groups is 1. The summed E-state index contributed by atoms with van der Waals surface area (Å²) in [4.78, 5) is 11.8. The number of fused-ring (bicyclic) bond motifs is 1. The minimum absolute atomic E-state index is 0. The van der Waals surface area contributed by atoms with Crippen LogP contribution in [-0.2, 0) is 42.2 Å². The van der Waals surface area contributed by atoms with Crippen LogP contribution in [0.4, 0.5) is 0 Å². The Hall–Kier alpha value is 0.474. The number of rotatable bonds is 7. The van der Waals surface area contributed by atoms with Crippen LogP contribution in [0.15, 0.2) is 12.2 Å². The van der Waals surface area contributed by atoms with E-state index in [1.54, 1.807) is 0 Å². The van der Waals surface area contributed by atoms with E-state index >= 15 is 0 Å². The molecule has 3 heteroatoms. The van der Waals surface area contributed by atoms with Gasteiger partial charge in [0.05, 0.1) is 0 Å². The van der Waals surface area contributed by atoms with Crippen LogP contribution in [0, 0.1) is 48.3 Å². The van der Waals surface area contributed by atoms with Gasteiger partial charge < -0.3 is 23.4 Å². The normalized spacial score (nSPS) is 25.9. The van der Waals surface area contributed by atoms with E-state index in [-0.39, 0.29) is 55.2 Å². The fourth-order valence-corrected chi connectivity index (χ4v) is 4.31. The molecule has 0 N–H and O–H groups in total. The van der Waals surface area contributed by atoms with E-state index in [1.165, 1.54) is 25.7 Å². The van der Waals surface area contributed by atoms with E-state index in [1.807, 2.05) is 20.8 Å². The standard InChI is InChI=1S/C14H23O.C12H23O.Y/c1-2-3-10-15-11-14-12-8-6-4-5-7-9-13(12)14;1-9(8-11(2,3)4)10(13)12(5,6)7;/h4-5,12-14H,1-3,6-11H2;9H,1,8H2,2-7H3;/q2*-1;/b5-4+;;. The molecule has 3 atom stereocenters. The van der Waals surface area contributed by atoms with Crippen molar-refractivity contribution < 1.29 is 42.2 Å². The molecule has 2 nitrogen and oxygen atoms in total. The molecule has 2 aliphatic rings. The van der Waals surface area contributed by atoms with E-state index in [0.717, 1.165) is 50.2 Å². The molecule has 0 aromatic heterocycles. The average molecular weight is 480 g/mol. The van der Waals surface area contributed by atoms with Gasteiger partial charge in [0, 0.05) is 51.3 Å². The van der Waals surface area contributed by atoms with Crippen LogP contribution < -0.4 is 0 Å². The van der Waals surface area contributed by atoms with Gasteiger partial charge in [-0.2, -0.15) is 6.42 Å². The average Bonchev–Trinajstić information content (AvgIpc) is 3.18. The van der Waals surface area contributed by atoms with Crippen molar-refractivity contribution in [2.24, 2.45) is 34.5 Å². The number of unbranched alkanes of at least 4 members (excludes halogenated alkanes) is 1. The molecule has 0 bridgehead atoms. The van der Waals surface area contributed by atoms with Gasteiger partial charge in [-0.3, -0.25) is 0 Å². The van der Waals surface area contributed by atoms with E-state index in [2.05, 4.69) is 46.8 Å². The number of Topliss-reactive ketones (excluding diaryl/α,β-unsaturated/α-hetero) is 1. The molecule has 0 aromatic carbocycles. The molecule has 0 heterocycles. The van der Waals surface area contributed by atoms with Gasteiger partial charge in [-0.15, -0.1) is 5.92 Å². The smallest absolute Gasteiger partial charge is 0.111 e. The van der Waals surface area contributed by atoms with Crippen LogP contribution in [-0.4, -0.2) is 19.0 Å². The van der Waals surface area contributed by atoms with E-state index < -0.39 is 0 Å². The number of hydrogen-bond donors (Lipinski definition) is 0. The summed E-state index contributed by atoms with van der Waals surface area (Å²) in [6.45, 7) is 22.0. The van der Waals surface area contributed by atoms with Crippen molar-refractivity contribution in [2.45, 2.75) is 86.5 Å². The maximum atomic E-state index is 11.8. The molecule has 2 aliphatic carbocycles. The molecule has 29 heavy (non-hydrogen) atoms. The quantitative estimate of drug-likeness (QED) is 0.221. The summed E-state index contributed by atoms with van der Waals surface area (Å²) in [5, 5.41) is 0. The Labute approximate surface area is 207 Å². The van der Waals surface area contributed by atoms with Crippen molar-refractivity contribution in [3.8, 4) is 0 Å². The zero-order chi connectivity index (χ0) is 21.4. The fourth-order valence-electron chi connectivity index (χ4n) is 4.31. The Kier molecular flexibility index (Phi) is 14.0. The third kappa shape index (κ3) is 12.2. The molecule has 0 aromatic rings. The molecule has 0 saturated heterocycles. The van der Waals surface area contributed by atoms with Crippen molar-refractivity contribution in [3.05, 3.63) is 26.0 Å². The molecular formula is C26H46O2Y-2. The summed E-state index contributed by atoms with van der Waals surface area (Å²) in [6.07, 6.45) is 13.1. The van der Waals surface area contributed by atoms with Gasteiger partial charge in [-0.1, -0.05) is 66.5 Å². The van der Waals surface area contributed by atoms with Gasteiger partial charge in [-0.05, 0) is 48.9 Å². The first kappa shape index (κ1) is 29.5. The number of ether oxygens (including phenoxy) is 1. The van der Waals surface area contributed by atoms with Gasteiger partial charge >= 0.3 is 0 Å². The Morgan fingerprint density at radius 3 is 2.00 bits per heavy atom. The van der Waals surface area contributed by atoms with Gasteiger partial charge in [-0.25, -0.2) is 0 Å². The molecule has 167 valence electrons. The molecule has 0 aliphatic heterocycles. The van der Waals surface area contributed by atoms with Gasteiger partial charge in [0.15, 0.2) is 0 Å². The van der Waals surface area contributed by atoms with Gasteiger partial charge in [0.25, 0.3) is 0 Å². The summed E-state index contributed by atoms with van der Waals surface area (Å²) < 4.78 is 5.71. The van der Waals surface area contributed by atoms with Crippen molar-refractivity contribution in [2.75, 3.05) is 13.2 Å². The van der Waals surface area contributed by atoms with Gasteiger partial charge in [0.1, 0.15) is 5.78 Å². The summed E-state index contributed by atoms with van der Waals surface area (Å²) in [5.74, 6) is 3.04. The maximum absolute atomic E-state index is 11.8. The largest absolute Gasteiger partial charge is 0.381 e. The third-order valence-electron chi connectivity index (χ3n) is 5.83. The summed E-state index contributed by atoms with van der Waals surface area (Å²) in [5.41, 5.74) is -0.0645. The Morgan fingerprint density at radius 1 is 1.07 bits per heavy atom. The number of ketones is 1. The van der Waals surface area contributed by atoms with E-state index in [0.29, 0.717) is 0 Å². The zero-order valence-corrected chi connectivity index (χ0v) is 23.0. The van der Waals surface area contributed by atoms with Crippen LogP contribution in [0.25, 0.3) is 0 Å². The van der Waals surface area contributed by atoms with Crippen molar-refractivity contribution >= 4 is 5.78 Å². The second-order valence-corrected chi connectivity index (χ2v) is 11.0. The first-order valence-corrected chi connectivity index (χ1v) is 11.4. The Balaban J connectivity index is 0.000000530. The maximum Gasteiger partial charge on any atom is 0.111 e. The molecule has 3 unspecified atom stereocenters. The van der Waals surface area contributed by atoms with E-state index in [4.69, 9.17) is 4.74 Å². The molecule has 1 fully saturated rings. The minimum Gasteiger partial charge on any atom is -0.381 e. The van der Waals surface area contributed by atoms with Crippen molar-refractivity contribution in [1.82, 2.24) is 0 Å². The predicted octanol–water partition coefficient (Wildman–Crippen LogP) is 7.10. The number of carbonyl (C=O) groups excluding carboxylic acids is 1. The predicted molar refractivity (Wildman–Crippen MR) is 121 cm³/mol. The molecule has 1 radical (unpaired) electrons. The van der Waals surface area contributed by atoms with Crippen LogP contribution in [0.1, 0.15) is 86.5 Å². The summed E-state index contributed by atoms with van der Waals surface area (Å²) in [6, 6.07) is 0. The van der Waals surface area contributed by atoms with Crippen LogP contribution in [0.3, 0.4) is 0 Å². The molecule has 0 amide bonds. The minimum atomic E-state index is -0.252. The first-order valence-electron chi connectivity index (χ1n) is 11.4. The molecule has 0 spiro atoms. The van der Waals surface area contributed by atoms with Gasteiger partial charge in [0.2, 0.25) is 0 Å². The van der Waals surface area contributed by atoms with Crippen molar-refractivity contribution in [3.63, 3.8) is 0 Å². The molecular weight excluding hydrogens is 433 g/mol. The molecule has 1 saturated carbocycles. The summed E-state index contributed by atoms with van der Waals surface area (Å²) >= 11 is 0. The van der Waals surface area contributed by atoms with Crippen LogP contribution >= 0.6 is 0 Å². The molecule has 2 rings (SSSR count). The Morgan fingerprint density at radius 2 is 1.59 bits per heavy atom. The zero-order valence-electron chi connectivity index (χ0n) is 20.1. The monoisotopic (exact) mass is 479 g/mol.